The lowest BCUT2D eigenvalue weighted by atomic mass is 10.2. The molecule has 0 heterocycles. The van der Waals surface area contributed by atoms with Crippen molar-refractivity contribution in [3.05, 3.63) is 48.9 Å². The van der Waals surface area contributed by atoms with E-state index in [1.54, 1.807) is 12.2 Å². The number of hydrogen-bond donors (Lipinski definition) is 1. The van der Waals surface area contributed by atoms with Gasteiger partial charge in [0.05, 0.1) is 6.07 Å². The average molecular weight is 230 g/mol. The van der Waals surface area contributed by atoms with E-state index in [4.69, 9.17) is 5.26 Å². The van der Waals surface area contributed by atoms with Crippen molar-refractivity contribution in [2.75, 3.05) is 14.1 Å². The number of guanidine groups is 1. The summed E-state index contributed by atoms with van der Waals surface area (Å²) in [6.45, 7) is 9.02. The summed E-state index contributed by atoms with van der Waals surface area (Å²) in [7, 11) is 3.75. The molecule has 0 unspecified atom stereocenters. The van der Waals surface area contributed by atoms with Gasteiger partial charge in [-0.15, -0.1) is 0 Å². The average Bonchev–Trinajstić information content (AvgIpc) is 2.32. The van der Waals surface area contributed by atoms with Crippen LogP contribution in [0.5, 0.6) is 0 Å². The van der Waals surface area contributed by atoms with Crippen molar-refractivity contribution < 1.29 is 0 Å². The van der Waals surface area contributed by atoms with E-state index in [0.717, 1.165) is 5.70 Å². The molecule has 0 spiro atoms. The predicted octanol–water partition coefficient (Wildman–Crippen LogP) is 2.18. The van der Waals surface area contributed by atoms with E-state index in [2.05, 4.69) is 23.5 Å². The van der Waals surface area contributed by atoms with Crippen molar-refractivity contribution in [1.82, 2.24) is 10.2 Å². The fraction of sp³-hybridized carbons (Fsp3) is 0.231. The Hall–Kier alpha value is -2.28. The number of rotatable bonds is 4. The van der Waals surface area contributed by atoms with Crippen LogP contribution >= 0.6 is 0 Å². The monoisotopic (exact) mass is 230 g/mol. The highest BCUT2D eigenvalue weighted by atomic mass is 15.3. The van der Waals surface area contributed by atoms with Gasteiger partial charge in [0.1, 0.15) is 0 Å². The fourth-order valence-electron chi connectivity index (χ4n) is 0.913. The van der Waals surface area contributed by atoms with E-state index in [1.165, 1.54) is 6.20 Å². The summed E-state index contributed by atoms with van der Waals surface area (Å²) in [5.41, 5.74) is 1.23. The molecular formula is C13H18N4. The van der Waals surface area contributed by atoms with Crippen LogP contribution in [-0.4, -0.2) is 25.0 Å². The Bertz CT molecular complexity index is 406. The Morgan fingerprint density at radius 3 is 2.47 bits per heavy atom. The van der Waals surface area contributed by atoms with Gasteiger partial charge in [-0.05, 0) is 19.1 Å². The maximum Gasteiger partial charge on any atom is 0.202 e. The summed E-state index contributed by atoms with van der Waals surface area (Å²) < 4.78 is 0. The first-order valence-electron chi connectivity index (χ1n) is 5.11. The van der Waals surface area contributed by atoms with Crippen LogP contribution in [0.3, 0.4) is 0 Å². The topological polar surface area (TPSA) is 51.4 Å². The number of hydrogen-bond acceptors (Lipinski definition) is 2. The summed E-state index contributed by atoms with van der Waals surface area (Å²) in [5, 5.41) is 11.7. The van der Waals surface area contributed by atoms with Crippen molar-refractivity contribution >= 4 is 5.96 Å². The molecule has 0 amide bonds. The SMILES string of the molecule is C=CN=C(NC(/C=C\C(=C)C#N)=C/C)N(C)C. The van der Waals surface area contributed by atoms with E-state index >= 15 is 0 Å². The highest BCUT2D eigenvalue weighted by Gasteiger charge is 2.01. The summed E-state index contributed by atoms with van der Waals surface area (Å²) in [6, 6.07) is 1.95. The van der Waals surface area contributed by atoms with Crippen molar-refractivity contribution in [2.24, 2.45) is 4.99 Å². The third-order valence-corrected chi connectivity index (χ3v) is 1.81. The van der Waals surface area contributed by atoms with Crippen LogP contribution in [0.25, 0.3) is 0 Å². The van der Waals surface area contributed by atoms with Crippen molar-refractivity contribution in [1.29, 1.82) is 5.26 Å². The van der Waals surface area contributed by atoms with E-state index in [9.17, 15) is 0 Å². The smallest absolute Gasteiger partial charge is 0.202 e. The molecule has 0 atom stereocenters. The Morgan fingerprint density at radius 1 is 1.41 bits per heavy atom. The lowest BCUT2D eigenvalue weighted by molar-refractivity contribution is 0.599. The van der Waals surface area contributed by atoms with Crippen LogP contribution in [0.1, 0.15) is 6.92 Å². The molecule has 0 saturated heterocycles. The standard InChI is InChI=1S/C13H18N4/c1-6-12(9-8-11(3)10-14)16-13(15-7-2)17(4)5/h6-9H,2-3H2,1,4-5H3,(H,15,16)/b9-8-,12-6+. The van der Waals surface area contributed by atoms with Crippen molar-refractivity contribution in [3.63, 3.8) is 0 Å². The number of aliphatic imine (C=N–C) groups is 1. The Morgan fingerprint density at radius 2 is 2.06 bits per heavy atom. The second kappa shape index (κ2) is 7.94. The molecule has 1 N–H and O–H groups in total. The number of nitriles is 1. The Kier molecular flexibility index (Phi) is 6.88. The van der Waals surface area contributed by atoms with Gasteiger partial charge in [0.2, 0.25) is 5.96 Å². The van der Waals surface area contributed by atoms with E-state index in [-0.39, 0.29) is 0 Å². The lowest BCUT2D eigenvalue weighted by Crippen LogP contribution is -2.35. The Balaban J connectivity index is 4.78. The van der Waals surface area contributed by atoms with Gasteiger partial charge in [0, 0.05) is 31.6 Å². The molecule has 90 valence electrons. The molecule has 0 aromatic carbocycles. The highest BCUT2D eigenvalue weighted by molar-refractivity contribution is 5.82. The maximum atomic E-state index is 8.59. The van der Waals surface area contributed by atoms with Crippen LogP contribution in [0.2, 0.25) is 0 Å². The summed E-state index contributed by atoms with van der Waals surface area (Å²) in [6.07, 6.45) is 6.76. The summed E-state index contributed by atoms with van der Waals surface area (Å²) in [5.74, 6) is 0.667. The van der Waals surface area contributed by atoms with E-state index < -0.39 is 0 Å². The predicted molar refractivity (Wildman–Crippen MR) is 72.1 cm³/mol. The fourth-order valence-corrected chi connectivity index (χ4v) is 0.913. The van der Waals surface area contributed by atoms with Gasteiger partial charge in [-0.25, -0.2) is 4.99 Å². The number of nitrogens with one attached hydrogen (secondary N) is 1. The lowest BCUT2D eigenvalue weighted by Gasteiger charge is -2.17. The molecule has 0 aliphatic rings. The van der Waals surface area contributed by atoms with Crippen molar-refractivity contribution in [3.8, 4) is 6.07 Å². The van der Waals surface area contributed by atoms with E-state index in [0.29, 0.717) is 11.5 Å². The minimum Gasteiger partial charge on any atom is -0.349 e. The van der Waals surface area contributed by atoms with Gasteiger partial charge < -0.3 is 10.2 Å². The third kappa shape index (κ3) is 6.00. The molecule has 0 aromatic heterocycles. The molecule has 0 rings (SSSR count). The molecule has 0 saturated carbocycles. The van der Waals surface area contributed by atoms with Crippen LogP contribution in [-0.2, 0) is 0 Å². The van der Waals surface area contributed by atoms with Gasteiger partial charge in [-0.2, -0.15) is 5.26 Å². The zero-order valence-corrected chi connectivity index (χ0v) is 10.6. The molecule has 0 radical (unpaired) electrons. The van der Waals surface area contributed by atoms with Crippen LogP contribution in [0, 0.1) is 11.3 Å². The molecule has 0 fully saturated rings. The first kappa shape index (κ1) is 14.7. The van der Waals surface area contributed by atoms with Gasteiger partial charge in [-0.3, -0.25) is 0 Å². The summed E-state index contributed by atoms with van der Waals surface area (Å²) >= 11 is 0. The van der Waals surface area contributed by atoms with Crippen molar-refractivity contribution in [2.45, 2.75) is 6.92 Å². The minimum atomic E-state index is 0.401. The number of allylic oxidation sites excluding steroid dienone is 4. The second-order valence-corrected chi connectivity index (χ2v) is 3.37. The first-order chi connectivity index (χ1) is 8.04. The van der Waals surface area contributed by atoms with Crippen LogP contribution in [0.15, 0.2) is 53.8 Å². The summed E-state index contributed by atoms with van der Waals surface area (Å²) in [4.78, 5) is 5.92. The maximum absolute atomic E-state index is 8.59. The van der Waals surface area contributed by atoms with Crippen LogP contribution in [0.4, 0.5) is 0 Å². The van der Waals surface area contributed by atoms with Gasteiger partial charge >= 0.3 is 0 Å². The van der Waals surface area contributed by atoms with E-state index in [1.807, 2.05) is 38.1 Å². The molecule has 17 heavy (non-hydrogen) atoms. The molecule has 0 aliphatic carbocycles. The second-order valence-electron chi connectivity index (χ2n) is 3.37. The number of nitrogens with zero attached hydrogens (tertiary/aromatic N) is 3. The molecule has 0 bridgehead atoms. The highest BCUT2D eigenvalue weighted by Crippen LogP contribution is 1.98. The zero-order chi connectivity index (χ0) is 13.3. The minimum absolute atomic E-state index is 0.401. The van der Waals surface area contributed by atoms with Gasteiger partial charge in [0.15, 0.2) is 0 Å². The van der Waals surface area contributed by atoms with Gasteiger partial charge in [-0.1, -0.05) is 19.2 Å². The van der Waals surface area contributed by atoms with Gasteiger partial charge in [0.25, 0.3) is 0 Å². The zero-order valence-electron chi connectivity index (χ0n) is 10.6. The molecular weight excluding hydrogens is 212 g/mol. The molecule has 4 nitrogen and oxygen atoms in total. The first-order valence-corrected chi connectivity index (χ1v) is 5.11. The van der Waals surface area contributed by atoms with Crippen LogP contribution < -0.4 is 5.32 Å². The normalized spacial score (nSPS) is 12.1. The molecule has 0 aliphatic heterocycles. The molecule has 4 heteroatoms. The Labute approximate surface area is 103 Å². The molecule has 0 aromatic rings. The quantitative estimate of drug-likeness (QED) is 0.348. The largest absolute Gasteiger partial charge is 0.349 e. The third-order valence-electron chi connectivity index (χ3n) is 1.81.